The van der Waals surface area contributed by atoms with Crippen LogP contribution in [0.25, 0.3) is 6.08 Å². The number of nitriles is 1. The smallest absolute Gasteiger partial charge is 0.249 e. The first-order chi connectivity index (χ1) is 14.0. The lowest BCUT2D eigenvalue weighted by atomic mass is 9.72. The Hall–Kier alpha value is -2.38. The highest BCUT2D eigenvalue weighted by Crippen LogP contribution is 2.44. The molecule has 1 aliphatic carbocycles. The van der Waals surface area contributed by atoms with Gasteiger partial charge in [-0.25, -0.2) is 0 Å². The van der Waals surface area contributed by atoms with E-state index in [1.165, 1.54) is 10.4 Å². The molecular formula is C26H32N2OS. The SMILES string of the molecule is CC(C)(C)c1ccc(/C=C\C(=O)Nc2sc3c(c2C#N)CCC(C(C)(C)C)C3)cc1. The van der Waals surface area contributed by atoms with Crippen LogP contribution in [0.4, 0.5) is 5.00 Å². The average molecular weight is 421 g/mol. The van der Waals surface area contributed by atoms with Crippen LogP contribution in [-0.4, -0.2) is 5.91 Å². The molecule has 1 aromatic carbocycles. The molecule has 1 aromatic heterocycles. The number of carbonyl (C=O) groups excluding carboxylic acids is 1. The van der Waals surface area contributed by atoms with Crippen LogP contribution >= 0.6 is 11.3 Å². The van der Waals surface area contributed by atoms with E-state index < -0.39 is 0 Å². The van der Waals surface area contributed by atoms with E-state index in [9.17, 15) is 10.1 Å². The summed E-state index contributed by atoms with van der Waals surface area (Å²) in [6.07, 6.45) is 6.37. The van der Waals surface area contributed by atoms with Crippen LogP contribution in [0, 0.1) is 22.7 Å². The fourth-order valence-electron chi connectivity index (χ4n) is 3.95. The molecule has 1 unspecified atom stereocenters. The molecule has 158 valence electrons. The predicted octanol–water partition coefficient (Wildman–Crippen LogP) is 6.72. The van der Waals surface area contributed by atoms with Crippen LogP contribution in [-0.2, 0) is 23.1 Å². The number of anilines is 1. The minimum Gasteiger partial charge on any atom is -0.313 e. The molecule has 0 fully saturated rings. The van der Waals surface area contributed by atoms with Crippen LogP contribution < -0.4 is 5.32 Å². The summed E-state index contributed by atoms with van der Waals surface area (Å²) in [5.41, 5.74) is 4.40. The van der Waals surface area contributed by atoms with Gasteiger partial charge in [0.05, 0.1) is 5.56 Å². The first-order valence-electron chi connectivity index (χ1n) is 10.6. The van der Waals surface area contributed by atoms with Crippen LogP contribution in [0.1, 0.15) is 75.1 Å². The van der Waals surface area contributed by atoms with Gasteiger partial charge in [0.15, 0.2) is 0 Å². The maximum absolute atomic E-state index is 12.5. The lowest BCUT2D eigenvalue weighted by molar-refractivity contribution is -0.111. The average Bonchev–Trinajstić information content (AvgIpc) is 3.01. The second-order valence-corrected chi connectivity index (χ2v) is 11.4. The fraction of sp³-hybridized carbons (Fsp3) is 0.462. The first-order valence-corrected chi connectivity index (χ1v) is 11.4. The van der Waals surface area contributed by atoms with Crippen molar-refractivity contribution in [1.29, 1.82) is 5.26 Å². The molecule has 4 heteroatoms. The Morgan fingerprint density at radius 3 is 2.40 bits per heavy atom. The van der Waals surface area contributed by atoms with Crippen LogP contribution in [0.5, 0.6) is 0 Å². The lowest BCUT2D eigenvalue weighted by Gasteiger charge is -2.33. The zero-order chi connectivity index (χ0) is 22.1. The maximum Gasteiger partial charge on any atom is 0.249 e. The second-order valence-electron chi connectivity index (χ2n) is 10.3. The molecule has 2 aromatic rings. The van der Waals surface area contributed by atoms with Crippen molar-refractivity contribution < 1.29 is 4.79 Å². The fourth-order valence-corrected chi connectivity index (χ4v) is 5.23. The number of carbonyl (C=O) groups is 1. The Morgan fingerprint density at radius 2 is 1.83 bits per heavy atom. The highest BCUT2D eigenvalue weighted by molar-refractivity contribution is 7.16. The Bertz CT molecular complexity index is 992. The lowest BCUT2D eigenvalue weighted by Crippen LogP contribution is -2.26. The van der Waals surface area contributed by atoms with Gasteiger partial charge < -0.3 is 5.32 Å². The van der Waals surface area contributed by atoms with Crippen molar-refractivity contribution >= 4 is 28.3 Å². The normalized spacial score (nSPS) is 16.9. The summed E-state index contributed by atoms with van der Waals surface area (Å²) in [5.74, 6) is 0.409. The van der Waals surface area contributed by atoms with Gasteiger partial charge in [0, 0.05) is 11.0 Å². The van der Waals surface area contributed by atoms with E-state index >= 15 is 0 Å². The van der Waals surface area contributed by atoms with Crippen LogP contribution in [0.3, 0.4) is 0 Å². The summed E-state index contributed by atoms with van der Waals surface area (Å²) < 4.78 is 0. The molecule has 0 aliphatic heterocycles. The maximum atomic E-state index is 12.5. The summed E-state index contributed by atoms with van der Waals surface area (Å²) >= 11 is 1.57. The summed E-state index contributed by atoms with van der Waals surface area (Å²) in [6, 6.07) is 10.6. The topological polar surface area (TPSA) is 52.9 Å². The monoisotopic (exact) mass is 420 g/mol. The minimum absolute atomic E-state index is 0.109. The van der Waals surface area contributed by atoms with E-state index in [2.05, 4.69) is 65.1 Å². The molecule has 1 N–H and O–H groups in total. The predicted molar refractivity (Wildman–Crippen MR) is 127 cm³/mol. The molecule has 1 aliphatic rings. The Labute approximate surface area is 184 Å². The standard InChI is InChI=1S/C26H32N2OS/c1-25(2,3)18-10-7-17(8-11-18)9-14-23(29)28-24-21(16-27)20-13-12-19(26(4,5)6)15-22(20)30-24/h7-11,14,19H,12-13,15H2,1-6H3,(H,28,29)/b14-9-. The molecule has 30 heavy (non-hydrogen) atoms. The first kappa shape index (κ1) is 22.3. The molecule has 1 heterocycles. The van der Waals surface area contributed by atoms with Crippen molar-refractivity contribution in [2.75, 3.05) is 5.32 Å². The molecule has 1 atom stereocenters. The molecule has 0 saturated carbocycles. The molecule has 0 radical (unpaired) electrons. The van der Waals surface area contributed by atoms with Gasteiger partial charge in [0.2, 0.25) is 5.91 Å². The highest BCUT2D eigenvalue weighted by Gasteiger charge is 2.32. The number of hydrogen-bond acceptors (Lipinski definition) is 3. The van der Waals surface area contributed by atoms with Crippen molar-refractivity contribution in [2.24, 2.45) is 11.3 Å². The summed E-state index contributed by atoms with van der Waals surface area (Å²) in [6.45, 7) is 13.4. The van der Waals surface area contributed by atoms with Crippen molar-refractivity contribution in [3.05, 3.63) is 57.5 Å². The van der Waals surface area contributed by atoms with Crippen molar-refractivity contribution in [3.63, 3.8) is 0 Å². The van der Waals surface area contributed by atoms with E-state index in [1.807, 2.05) is 18.2 Å². The number of rotatable bonds is 3. The van der Waals surface area contributed by atoms with Gasteiger partial charge in [-0.2, -0.15) is 5.26 Å². The quantitative estimate of drug-likeness (QED) is 0.560. The van der Waals surface area contributed by atoms with Crippen molar-refractivity contribution in [1.82, 2.24) is 0 Å². The number of nitrogens with one attached hydrogen (secondary N) is 1. The number of thiophene rings is 1. The van der Waals surface area contributed by atoms with E-state index in [0.29, 0.717) is 16.5 Å². The van der Waals surface area contributed by atoms with Gasteiger partial charge in [-0.1, -0.05) is 65.8 Å². The van der Waals surface area contributed by atoms with E-state index in [4.69, 9.17) is 0 Å². The second kappa shape index (κ2) is 8.40. The van der Waals surface area contributed by atoms with E-state index in [1.54, 1.807) is 17.4 Å². The third kappa shape index (κ3) is 5.02. The summed E-state index contributed by atoms with van der Waals surface area (Å²) in [4.78, 5) is 13.8. The van der Waals surface area contributed by atoms with Gasteiger partial charge in [-0.15, -0.1) is 11.3 Å². The van der Waals surface area contributed by atoms with Crippen LogP contribution in [0.15, 0.2) is 30.3 Å². The van der Waals surface area contributed by atoms with Crippen LogP contribution in [0.2, 0.25) is 0 Å². The molecule has 3 rings (SSSR count). The number of benzene rings is 1. The van der Waals surface area contributed by atoms with Gasteiger partial charge in [0.25, 0.3) is 0 Å². The van der Waals surface area contributed by atoms with Crippen molar-refractivity contribution in [2.45, 2.75) is 66.2 Å². The largest absolute Gasteiger partial charge is 0.313 e. The molecule has 0 saturated heterocycles. The number of fused-ring (bicyclic) bond motifs is 1. The number of nitrogens with zero attached hydrogens (tertiary/aromatic N) is 1. The zero-order valence-electron chi connectivity index (χ0n) is 18.9. The summed E-state index contributed by atoms with van der Waals surface area (Å²) in [7, 11) is 0. The molecule has 3 nitrogen and oxygen atoms in total. The Kier molecular flexibility index (Phi) is 6.24. The highest BCUT2D eigenvalue weighted by atomic mass is 32.1. The van der Waals surface area contributed by atoms with Gasteiger partial charge >= 0.3 is 0 Å². The van der Waals surface area contributed by atoms with E-state index in [0.717, 1.165) is 30.4 Å². The van der Waals surface area contributed by atoms with Gasteiger partial charge in [-0.3, -0.25) is 4.79 Å². The molecular weight excluding hydrogens is 388 g/mol. The molecule has 0 spiro atoms. The number of hydrogen-bond donors (Lipinski definition) is 1. The Morgan fingerprint density at radius 1 is 1.17 bits per heavy atom. The Balaban J connectivity index is 1.72. The third-order valence-electron chi connectivity index (χ3n) is 6.04. The summed E-state index contributed by atoms with van der Waals surface area (Å²) in [5, 5.41) is 13.3. The van der Waals surface area contributed by atoms with Gasteiger partial charge in [0.1, 0.15) is 11.1 Å². The molecule has 1 amide bonds. The molecule has 0 bridgehead atoms. The third-order valence-corrected chi connectivity index (χ3v) is 7.21. The minimum atomic E-state index is -0.197. The van der Waals surface area contributed by atoms with Gasteiger partial charge in [-0.05, 0) is 58.8 Å². The zero-order valence-corrected chi connectivity index (χ0v) is 19.7. The van der Waals surface area contributed by atoms with Crippen molar-refractivity contribution in [3.8, 4) is 6.07 Å². The number of amides is 1. The van der Waals surface area contributed by atoms with E-state index in [-0.39, 0.29) is 16.7 Å².